The van der Waals surface area contributed by atoms with Crippen LogP contribution in [0.4, 0.5) is 0 Å². The maximum Gasteiger partial charge on any atom is 0.150 e. The normalized spacial score (nSPS) is 26.3. The maximum absolute atomic E-state index is 11.3. The molecular weight excluding hydrogens is 210 g/mol. The van der Waals surface area contributed by atoms with Crippen LogP contribution < -0.4 is 5.32 Å². The van der Waals surface area contributed by atoms with Crippen LogP contribution in [0.2, 0.25) is 0 Å². The van der Waals surface area contributed by atoms with E-state index in [-0.39, 0.29) is 5.75 Å². The Morgan fingerprint density at radius 2 is 1.93 bits per heavy atom. The third-order valence-corrected chi connectivity index (χ3v) is 5.30. The lowest BCUT2D eigenvalue weighted by Gasteiger charge is -2.36. The number of hydrogen-bond acceptors (Lipinski definition) is 3. The third kappa shape index (κ3) is 4.11. The Balaban J connectivity index is 2.16. The molecule has 3 nitrogen and oxygen atoms in total. The Morgan fingerprint density at radius 1 is 1.27 bits per heavy atom. The van der Waals surface area contributed by atoms with Gasteiger partial charge in [-0.2, -0.15) is 0 Å². The van der Waals surface area contributed by atoms with E-state index in [4.69, 9.17) is 0 Å². The lowest BCUT2D eigenvalue weighted by Crippen LogP contribution is -2.34. The molecule has 1 N–H and O–H groups in total. The summed E-state index contributed by atoms with van der Waals surface area (Å²) in [7, 11) is -0.762. The van der Waals surface area contributed by atoms with Crippen molar-refractivity contribution in [3.63, 3.8) is 0 Å². The van der Waals surface area contributed by atoms with Crippen LogP contribution in [0.1, 0.15) is 32.6 Å². The number of nitrogens with one attached hydrogen (secondary N) is 1. The van der Waals surface area contributed by atoms with E-state index in [0.29, 0.717) is 5.75 Å². The fourth-order valence-electron chi connectivity index (χ4n) is 2.26. The van der Waals surface area contributed by atoms with Crippen molar-refractivity contribution in [2.45, 2.75) is 32.6 Å². The minimum atomic E-state index is -2.74. The Bertz CT molecular complexity index is 274. The molecule has 1 aliphatic carbocycles. The van der Waals surface area contributed by atoms with Crippen molar-refractivity contribution in [2.75, 3.05) is 25.1 Å². The summed E-state index contributed by atoms with van der Waals surface area (Å²) in [5, 5.41) is 3.20. The highest BCUT2D eigenvalue weighted by atomic mass is 32.2. The minimum Gasteiger partial charge on any atom is -0.319 e. The van der Waals surface area contributed by atoms with Crippen molar-refractivity contribution < 1.29 is 8.42 Å². The van der Waals surface area contributed by atoms with Crippen molar-refractivity contribution in [1.82, 2.24) is 5.32 Å². The van der Waals surface area contributed by atoms with Gasteiger partial charge in [0.05, 0.1) is 5.75 Å². The number of hydrogen-bond donors (Lipinski definition) is 1. The van der Waals surface area contributed by atoms with Gasteiger partial charge in [-0.05, 0) is 51.1 Å². The summed E-state index contributed by atoms with van der Waals surface area (Å²) in [6.07, 6.45) is 4.54. The van der Waals surface area contributed by atoms with Crippen LogP contribution in [0.5, 0.6) is 0 Å². The molecule has 0 amide bonds. The Labute approximate surface area is 93.6 Å². The van der Waals surface area contributed by atoms with E-state index in [1.54, 1.807) is 6.92 Å². The predicted octanol–water partition coefficient (Wildman–Crippen LogP) is 1.45. The van der Waals surface area contributed by atoms with Gasteiger partial charge in [-0.3, -0.25) is 0 Å². The Hall–Kier alpha value is -0.0900. The molecule has 1 aliphatic rings. The van der Waals surface area contributed by atoms with Crippen LogP contribution in [-0.4, -0.2) is 33.5 Å². The van der Waals surface area contributed by atoms with Crippen LogP contribution in [0, 0.1) is 11.8 Å². The fourth-order valence-corrected chi connectivity index (χ4v) is 3.15. The molecule has 15 heavy (non-hydrogen) atoms. The van der Waals surface area contributed by atoms with Crippen molar-refractivity contribution >= 4 is 9.84 Å². The van der Waals surface area contributed by atoms with Crippen LogP contribution >= 0.6 is 0 Å². The Kier molecular flexibility index (Phi) is 5.06. The van der Waals surface area contributed by atoms with Crippen molar-refractivity contribution in [2.24, 2.45) is 11.8 Å². The molecule has 0 spiro atoms. The molecule has 2 unspecified atom stereocenters. The zero-order valence-electron chi connectivity index (χ0n) is 9.83. The van der Waals surface area contributed by atoms with Crippen molar-refractivity contribution in [1.29, 1.82) is 0 Å². The van der Waals surface area contributed by atoms with Gasteiger partial charge in [0.2, 0.25) is 0 Å². The molecule has 90 valence electrons. The van der Waals surface area contributed by atoms with E-state index in [1.165, 1.54) is 12.8 Å². The summed E-state index contributed by atoms with van der Waals surface area (Å²) >= 11 is 0. The summed E-state index contributed by atoms with van der Waals surface area (Å²) in [4.78, 5) is 0. The molecule has 4 heteroatoms. The van der Waals surface area contributed by atoms with Gasteiger partial charge in [0.1, 0.15) is 9.84 Å². The van der Waals surface area contributed by atoms with Gasteiger partial charge in [-0.1, -0.05) is 6.92 Å². The molecule has 1 rings (SSSR count). The summed E-state index contributed by atoms with van der Waals surface area (Å²) in [5.41, 5.74) is 0. The van der Waals surface area contributed by atoms with E-state index in [1.807, 2.05) is 7.05 Å². The van der Waals surface area contributed by atoms with Crippen LogP contribution in [0.15, 0.2) is 0 Å². The monoisotopic (exact) mass is 233 g/mol. The van der Waals surface area contributed by atoms with Gasteiger partial charge in [-0.15, -0.1) is 0 Å². The highest BCUT2D eigenvalue weighted by Crippen LogP contribution is 2.37. The largest absolute Gasteiger partial charge is 0.319 e. The molecule has 0 radical (unpaired) electrons. The van der Waals surface area contributed by atoms with E-state index in [9.17, 15) is 8.42 Å². The summed E-state index contributed by atoms with van der Waals surface area (Å²) in [5.74, 6) is 2.23. The second kappa shape index (κ2) is 5.85. The van der Waals surface area contributed by atoms with Gasteiger partial charge >= 0.3 is 0 Å². The molecule has 2 atom stereocenters. The van der Waals surface area contributed by atoms with Gasteiger partial charge in [0, 0.05) is 5.75 Å². The van der Waals surface area contributed by atoms with Crippen LogP contribution in [0.3, 0.4) is 0 Å². The lowest BCUT2D eigenvalue weighted by molar-refractivity contribution is 0.162. The SMILES string of the molecule is CCS(=O)(=O)CCCC1CCC1CNC. The van der Waals surface area contributed by atoms with Crippen LogP contribution in [0.25, 0.3) is 0 Å². The fraction of sp³-hybridized carbons (Fsp3) is 1.00. The van der Waals surface area contributed by atoms with E-state index in [2.05, 4.69) is 5.32 Å². The third-order valence-electron chi connectivity index (χ3n) is 3.51. The number of sulfone groups is 1. The lowest BCUT2D eigenvalue weighted by atomic mass is 9.71. The second-order valence-electron chi connectivity index (χ2n) is 4.53. The molecule has 0 aliphatic heterocycles. The quantitative estimate of drug-likeness (QED) is 0.724. The molecule has 0 saturated heterocycles. The summed E-state index contributed by atoms with van der Waals surface area (Å²) in [6.45, 7) is 2.81. The predicted molar refractivity (Wildman–Crippen MR) is 63.7 cm³/mol. The molecule has 0 aromatic heterocycles. The van der Waals surface area contributed by atoms with E-state index in [0.717, 1.165) is 31.2 Å². The van der Waals surface area contributed by atoms with E-state index >= 15 is 0 Å². The first-order chi connectivity index (χ1) is 7.09. The summed E-state index contributed by atoms with van der Waals surface area (Å²) in [6, 6.07) is 0. The highest BCUT2D eigenvalue weighted by molar-refractivity contribution is 7.91. The first-order valence-corrected chi connectivity index (χ1v) is 7.76. The number of rotatable bonds is 7. The smallest absolute Gasteiger partial charge is 0.150 e. The van der Waals surface area contributed by atoms with Crippen molar-refractivity contribution in [3.05, 3.63) is 0 Å². The maximum atomic E-state index is 11.3. The topological polar surface area (TPSA) is 46.2 Å². The van der Waals surface area contributed by atoms with Gasteiger partial charge in [0.25, 0.3) is 0 Å². The molecule has 0 aromatic carbocycles. The first kappa shape index (κ1) is 13.0. The van der Waals surface area contributed by atoms with Gasteiger partial charge < -0.3 is 5.32 Å². The highest BCUT2D eigenvalue weighted by Gasteiger charge is 2.29. The standard InChI is InChI=1S/C11H23NO2S/c1-3-15(13,14)8-4-5-10-6-7-11(10)9-12-2/h10-12H,3-9H2,1-2H3. The molecule has 1 saturated carbocycles. The van der Waals surface area contributed by atoms with Gasteiger partial charge in [-0.25, -0.2) is 8.42 Å². The summed E-state index contributed by atoms with van der Waals surface area (Å²) < 4.78 is 22.6. The molecule has 0 aromatic rings. The average molecular weight is 233 g/mol. The van der Waals surface area contributed by atoms with Crippen molar-refractivity contribution in [3.8, 4) is 0 Å². The molecule has 0 heterocycles. The van der Waals surface area contributed by atoms with Gasteiger partial charge in [0.15, 0.2) is 0 Å². The second-order valence-corrected chi connectivity index (χ2v) is 7.01. The molecular formula is C11H23NO2S. The zero-order chi connectivity index (χ0) is 11.3. The first-order valence-electron chi connectivity index (χ1n) is 5.94. The van der Waals surface area contributed by atoms with Crippen LogP contribution in [-0.2, 0) is 9.84 Å². The molecule has 0 bridgehead atoms. The average Bonchev–Trinajstić information content (AvgIpc) is 2.19. The van der Waals surface area contributed by atoms with E-state index < -0.39 is 9.84 Å². The zero-order valence-corrected chi connectivity index (χ0v) is 10.6. The minimum absolute atomic E-state index is 0.289. The Morgan fingerprint density at radius 3 is 2.40 bits per heavy atom. The molecule has 1 fully saturated rings.